The van der Waals surface area contributed by atoms with E-state index in [2.05, 4.69) is 28.6 Å². The molecule has 0 saturated carbocycles. The van der Waals surface area contributed by atoms with Gasteiger partial charge in [0, 0.05) is 12.2 Å². The summed E-state index contributed by atoms with van der Waals surface area (Å²) in [6, 6.07) is 1.90. The molecule has 0 bridgehead atoms. The highest BCUT2D eigenvalue weighted by atomic mass is 32.1. The summed E-state index contributed by atoms with van der Waals surface area (Å²) in [6.45, 7) is 5.12. The van der Waals surface area contributed by atoms with Crippen molar-refractivity contribution in [3.05, 3.63) is 29.8 Å². The zero-order valence-electron chi connectivity index (χ0n) is 18.4. The zero-order chi connectivity index (χ0) is 24.4. The fourth-order valence-electron chi connectivity index (χ4n) is 2.81. The Balaban J connectivity index is 3.06. The van der Waals surface area contributed by atoms with Crippen LogP contribution >= 0.6 is 12.6 Å². The van der Waals surface area contributed by atoms with Crippen LogP contribution in [-0.4, -0.2) is 63.8 Å². The third kappa shape index (κ3) is 9.15. The number of nitrogens with two attached hydrogens (primary N) is 1. The lowest BCUT2D eigenvalue weighted by atomic mass is 10.0. The molecule has 10 nitrogen and oxygen atoms in total. The predicted octanol–water partition coefficient (Wildman–Crippen LogP) is -0.203. The van der Waals surface area contributed by atoms with Crippen molar-refractivity contribution in [2.75, 3.05) is 5.75 Å². The smallest absolute Gasteiger partial charge is 0.326 e. The molecule has 0 aromatic heterocycles. The summed E-state index contributed by atoms with van der Waals surface area (Å²) in [7, 11) is 0. The molecule has 7 N–H and O–H groups in total. The van der Waals surface area contributed by atoms with Gasteiger partial charge in [-0.3, -0.25) is 14.4 Å². The lowest BCUT2D eigenvalue weighted by Crippen LogP contribution is -2.58. The van der Waals surface area contributed by atoms with E-state index in [9.17, 15) is 29.4 Å². The Morgan fingerprint density at radius 3 is 1.88 bits per heavy atom. The van der Waals surface area contributed by atoms with Gasteiger partial charge in [0.05, 0.1) is 6.04 Å². The summed E-state index contributed by atoms with van der Waals surface area (Å²) in [5, 5.41) is 26.4. The molecule has 0 aliphatic rings. The maximum absolute atomic E-state index is 12.9. The van der Waals surface area contributed by atoms with E-state index >= 15 is 0 Å². The highest BCUT2D eigenvalue weighted by molar-refractivity contribution is 7.80. The van der Waals surface area contributed by atoms with E-state index in [4.69, 9.17) is 5.73 Å². The van der Waals surface area contributed by atoms with Crippen LogP contribution in [0.15, 0.2) is 24.3 Å². The number of thiol groups is 1. The molecule has 1 aromatic carbocycles. The highest BCUT2D eigenvalue weighted by Crippen LogP contribution is 2.12. The van der Waals surface area contributed by atoms with Crippen molar-refractivity contribution in [2.45, 2.75) is 57.8 Å². The number of carbonyl (C=O) groups excluding carboxylic acids is 3. The van der Waals surface area contributed by atoms with Gasteiger partial charge in [0.15, 0.2) is 0 Å². The number of phenolic OH excluding ortho intramolecular Hbond substituents is 1. The van der Waals surface area contributed by atoms with Gasteiger partial charge in [0.2, 0.25) is 17.7 Å². The third-order valence-corrected chi connectivity index (χ3v) is 4.93. The van der Waals surface area contributed by atoms with E-state index in [0.717, 1.165) is 0 Å². The topological polar surface area (TPSA) is 171 Å². The standard InChI is InChI=1S/C21H32N4O6S/c1-11(2)8-16(21(30)31)24-19(28)15(9-13-4-6-14(26)7-5-13)23-20(29)17(10-32)25-18(27)12(3)22/h4-7,11-12,15-17,26,32H,8-10,22H2,1-3H3,(H,23,29)(H,24,28)(H,25,27)(H,30,31). The molecule has 1 rings (SSSR count). The Morgan fingerprint density at radius 2 is 1.41 bits per heavy atom. The number of nitrogens with one attached hydrogen (secondary N) is 3. The fourth-order valence-corrected chi connectivity index (χ4v) is 3.07. The molecule has 0 fully saturated rings. The molecule has 0 saturated heterocycles. The number of carbonyl (C=O) groups is 4. The second-order valence-electron chi connectivity index (χ2n) is 7.99. The Morgan fingerprint density at radius 1 is 0.906 bits per heavy atom. The highest BCUT2D eigenvalue weighted by Gasteiger charge is 2.30. The van der Waals surface area contributed by atoms with Crippen LogP contribution in [0.5, 0.6) is 5.75 Å². The molecule has 0 spiro atoms. The molecular weight excluding hydrogens is 436 g/mol. The summed E-state index contributed by atoms with van der Waals surface area (Å²) in [4.78, 5) is 49.1. The lowest BCUT2D eigenvalue weighted by Gasteiger charge is -2.25. The van der Waals surface area contributed by atoms with E-state index in [-0.39, 0.29) is 30.3 Å². The SMILES string of the molecule is CC(C)CC(NC(=O)C(Cc1ccc(O)cc1)NC(=O)C(CS)NC(=O)C(C)N)C(=O)O. The van der Waals surface area contributed by atoms with Crippen molar-refractivity contribution in [3.8, 4) is 5.75 Å². The van der Waals surface area contributed by atoms with Gasteiger partial charge in [-0.15, -0.1) is 0 Å². The fraction of sp³-hybridized carbons (Fsp3) is 0.524. The van der Waals surface area contributed by atoms with Crippen LogP contribution in [-0.2, 0) is 25.6 Å². The Hall–Kier alpha value is -2.79. The number of aromatic hydroxyl groups is 1. The van der Waals surface area contributed by atoms with Gasteiger partial charge in [-0.25, -0.2) is 4.79 Å². The van der Waals surface area contributed by atoms with Crippen LogP contribution in [0.1, 0.15) is 32.8 Å². The number of aliphatic carboxylic acids is 1. The first-order valence-corrected chi connectivity index (χ1v) is 10.9. The van der Waals surface area contributed by atoms with E-state index in [1.54, 1.807) is 12.1 Å². The van der Waals surface area contributed by atoms with E-state index in [0.29, 0.717) is 5.56 Å². The maximum atomic E-state index is 12.9. The number of hydrogen-bond acceptors (Lipinski definition) is 7. The number of rotatable bonds is 12. The van der Waals surface area contributed by atoms with Gasteiger partial charge in [-0.1, -0.05) is 26.0 Å². The summed E-state index contributed by atoms with van der Waals surface area (Å²) >= 11 is 4.08. The van der Waals surface area contributed by atoms with Gasteiger partial charge >= 0.3 is 5.97 Å². The molecule has 0 aliphatic carbocycles. The molecule has 3 amide bonds. The Kier molecular flexibility index (Phi) is 11.0. The van der Waals surface area contributed by atoms with E-state index in [1.165, 1.54) is 19.1 Å². The van der Waals surface area contributed by atoms with Crippen molar-refractivity contribution in [1.29, 1.82) is 0 Å². The Labute approximate surface area is 192 Å². The third-order valence-electron chi connectivity index (χ3n) is 4.56. The van der Waals surface area contributed by atoms with Crippen molar-refractivity contribution >= 4 is 36.3 Å². The molecule has 0 radical (unpaired) electrons. The second-order valence-corrected chi connectivity index (χ2v) is 8.36. The normalized spacial score (nSPS) is 14.7. The van der Waals surface area contributed by atoms with Crippen molar-refractivity contribution in [1.82, 2.24) is 16.0 Å². The molecule has 4 atom stereocenters. The van der Waals surface area contributed by atoms with Gasteiger partial charge in [-0.05, 0) is 37.0 Å². The van der Waals surface area contributed by atoms with Gasteiger partial charge < -0.3 is 31.9 Å². The number of hydrogen-bond donors (Lipinski definition) is 7. The predicted molar refractivity (Wildman–Crippen MR) is 122 cm³/mol. The number of amides is 3. The first-order valence-electron chi connectivity index (χ1n) is 10.2. The summed E-state index contributed by atoms with van der Waals surface area (Å²) < 4.78 is 0. The number of benzene rings is 1. The molecule has 32 heavy (non-hydrogen) atoms. The molecule has 4 unspecified atom stereocenters. The second kappa shape index (κ2) is 12.9. The molecular formula is C21H32N4O6S. The van der Waals surface area contributed by atoms with Crippen LogP contribution < -0.4 is 21.7 Å². The first kappa shape index (κ1) is 27.2. The zero-order valence-corrected chi connectivity index (χ0v) is 19.3. The van der Waals surface area contributed by atoms with Crippen molar-refractivity contribution < 1.29 is 29.4 Å². The van der Waals surface area contributed by atoms with Gasteiger partial charge in [0.1, 0.15) is 23.9 Å². The van der Waals surface area contributed by atoms with E-state index in [1.807, 2.05) is 13.8 Å². The molecule has 0 heterocycles. The monoisotopic (exact) mass is 468 g/mol. The van der Waals surface area contributed by atoms with Gasteiger partial charge in [0.25, 0.3) is 0 Å². The number of carboxylic acids is 1. The molecule has 1 aromatic rings. The van der Waals surface area contributed by atoms with Crippen molar-refractivity contribution in [3.63, 3.8) is 0 Å². The molecule has 0 aliphatic heterocycles. The summed E-state index contributed by atoms with van der Waals surface area (Å²) in [5.41, 5.74) is 6.14. The summed E-state index contributed by atoms with van der Waals surface area (Å²) in [6.07, 6.45) is 0.247. The first-order chi connectivity index (χ1) is 14.9. The molecule has 178 valence electrons. The molecule has 11 heteroatoms. The average Bonchev–Trinajstić information content (AvgIpc) is 2.71. The van der Waals surface area contributed by atoms with Crippen molar-refractivity contribution in [2.24, 2.45) is 11.7 Å². The number of phenols is 1. The average molecular weight is 469 g/mol. The van der Waals surface area contributed by atoms with Crippen LogP contribution in [0.25, 0.3) is 0 Å². The largest absolute Gasteiger partial charge is 0.508 e. The van der Waals surface area contributed by atoms with Gasteiger partial charge in [-0.2, -0.15) is 12.6 Å². The van der Waals surface area contributed by atoms with Crippen LogP contribution in [0.3, 0.4) is 0 Å². The van der Waals surface area contributed by atoms with Crippen LogP contribution in [0.4, 0.5) is 0 Å². The number of carboxylic acid groups (broad SMARTS) is 1. The minimum atomic E-state index is -1.18. The summed E-state index contributed by atoms with van der Waals surface area (Å²) in [5.74, 6) is -3.07. The minimum absolute atomic E-state index is 0.0172. The van der Waals surface area contributed by atoms with E-state index < -0.39 is 47.9 Å². The quantitative estimate of drug-likeness (QED) is 0.208. The minimum Gasteiger partial charge on any atom is -0.508 e. The maximum Gasteiger partial charge on any atom is 0.326 e. The Bertz CT molecular complexity index is 800. The lowest BCUT2D eigenvalue weighted by molar-refractivity contribution is -0.142. The van der Waals surface area contributed by atoms with Crippen LogP contribution in [0, 0.1) is 5.92 Å². The van der Waals surface area contributed by atoms with Crippen LogP contribution in [0.2, 0.25) is 0 Å².